The number of nitrogens with one attached hydrogen (secondary N) is 2. The second-order valence-electron chi connectivity index (χ2n) is 7.16. The standard InChI is InChI=1S/C20H34N4O3S.HI/c1-4-27-14-6-12-22-20(21-3)23-15-18-8-10-19(11-9-18)28(25,26)24-13-5-7-17(2)16-24;/h8-11,17H,4-7,12-16H2,1-3H3,(H2,21,22,23);1H. The van der Waals surface area contributed by atoms with E-state index in [1.165, 1.54) is 0 Å². The summed E-state index contributed by atoms with van der Waals surface area (Å²) in [5, 5.41) is 6.48. The molecule has 1 aliphatic heterocycles. The highest BCUT2D eigenvalue weighted by Gasteiger charge is 2.28. The number of benzene rings is 1. The average molecular weight is 538 g/mol. The molecule has 0 spiro atoms. The molecule has 29 heavy (non-hydrogen) atoms. The van der Waals surface area contributed by atoms with Gasteiger partial charge in [0.05, 0.1) is 4.90 Å². The van der Waals surface area contributed by atoms with Crippen molar-refractivity contribution in [3.05, 3.63) is 29.8 Å². The Morgan fingerprint density at radius 1 is 1.28 bits per heavy atom. The maximum Gasteiger partial charge on any atom is 0.243 e. The lowest BCUT2D eigenvalue weighted by Gasteiger charge is -2.30. The van der Waals surface area contributed by atoms with E-state index in [-0.39, 0.29) is 24.0 Å². The van der Waals surface area contributed by atoms with Crippen LogP contribution in [-0.4, -0.2) is 58.6 Å². The molecule has 0 radical (unpaired) electrons. The fourth-order valence-electron chi connectivity index (χ4n) is 3.22. The smallest absolute Gasteiger partial charge is 0.243 e. The van der Waals surface area contributed by atoms with Gasteiger partial charge in [0.2, 0.25) is 10.0 Å². The van der Waals surface area contributed by atoms with Crippen molar-refractivity contribution in [3.8, 4) is 0 Å². The highest BCUT2D eigenvalue weighted by molar-refractivity contribution is 14.0. The zero-order valence-corrected chi connectivity index (χ0v) is 20.8. The second-order valence-corrected chi connectivity index (χ2v) is 9.10. The van der Waals surface area contributed by atoms with E-state index >= 15 is 0 Å². The molecule has 0 amide bonds. The molecule has 0 aliphatic carbocycles. The van der Waals surface area contributed by atoms with Gasteiger partial charge in [-0.05, 0) is 49.8 Å². The van der Waals surface area contributed by atoms with Crippen LogP contribution in [0.2, 0.25) is 0 Å². The summed E-state index contributed by atoms with van der Waals surface area (Å²) in [5.74, 6) is 1.13. The highest BCUT2D eigenvalue weighted by atomic mass is 127. The van der Waals surface area contributed by atoms with Gasteiger partial charge in [0.25, 0.3) is 0 Å². The number of ether oxygens (including phenoxy) is 1. The van der Waals surface area contributed by atoms with Crippen LogP contribution >= 0.6 is 24.0 Å². The van der Waals surface area contributed by atoms with Crippen LogP contribution in [0.15, 0.2) is 34.2 Å². The predicted octanol–water partition coefficient (Wildman–Crippen LogP) is 2.82. The van der Waals surface area contributed by atoms with Gasteiger partial charge in [-0.1, -0.05) is 19.1 Å². The maximum absolute atomic E-state index is 12.8. The molecule has 2 N–H and O–H groups in total. The molecule has 9 heteroatoms. The van der Waals surface area contributed by atoms with Crippen molar-refractivity contribution in [1.29, 1.82) is 0 Å². The fourth-order valence-corrected chi connectivity index (χ4v) is 4.82. The van der Waals surface area contributed by atoms with E-state index in [0.717, 1.165) is 50.5 Å². The minimum atomic E-state index is -3.40. The van der Waals surface area contributed by atoms with Crippen LogP contribution in [0.5, 0.6) is 0 Å². The molecule has 1 saturated heterocycles. The van der Waals surface area contributed by atoms with Gasteiger partial charge >= 0.3 is 0 Å². The summed E-state index contributed by atoms with van der Waals surface area (Å²) in [6, 6.07) is 7.11. The number of halogens is 1. The van der Waals surface area contributed by atoms with E-state index in [0.29, 0.717) is 30.4 Å². The lowest BCUT2D eigenvalue weighted by atomic mass is 10.0. The fraction of sp³-hybridized carbons (Fsp3) is 0.650. The van der Waals surface area contributed by atoms with E-state index in [1.54, 1.807) is 23.5 Å². The minimum absolute atomic E-state index is 0. The van der Waals surface area contributed by atoms with E-state index < -0.39 is 10.0 Å². The van der Waals surface area contributed by atoms with Crippen LogP contribution in [0.25, 0.3) is 0 Å². The second kappa shape index (κ2) is 13.4. The van der Waals surface area contributed by atoms with Gasteiger partial charge in [-0.15, -0.1) is 24.0 Å². The van der Waals surface area contributed by atoms with Crippen LogP contribution in [-0.2, 0) is 21.3 Å². The molecule has 1 heterocycles. The van der Waals surface area contributed by atoms with Gasteiger partial charge in [-0.3, -0.25) is 4.99 Å². The van der Waals surface area contributed by atoms with Gasteiger partial charge in [-0.25, -0.2) is 8.42 Å². The zero-order valence-electron chi connectivity index (χ0n) is 17.7. The van der Waals surface area contributed by atoms with Crippen LogP contribution in [0.4, 0.5) is 0 Å². The molecule has 7 nitrogen and oxygen atoms in total. The molecule has 1 aromatic carbocycles. The lowest BCUT2D eigenvalue weighted by molar-refractivity contribution is 0.145. The Kier molecular flexibility index (Phi) is 12.1. The van der Waals surface area contributed by atoms with Crippen molar-refractivity contribution in [2.45, 2.75) is 44.6 Å². The number of guanidine groups is 1. The highest BCUT2D eigenvalue weighted by Crippen LogP contribution is 2.23. The van der Waals surface area contributed by atoms with E-state index in [1.807, 2.05) is 19.1 Å². The topological polar surface area (TPSA) is 83.0 Å². The van der Waals surface area contributed by atoms with Crippen molar-refractivity contribution in [1.82, 2.24) is 14.9 Å². The Bertz CT molecular complexity index is 726. The first kappa shape index (κ1) is 26.1. The molecule has 1 unspecified atom stereocenters. The molecule has 1 fully saturated rings. The van der Waals surface area contributed by atoms with E-state index in [9.17, 15) is 8.42 Å². The quantitative estimate of drug-likeness (QED) is 0.219. The molecular formula is C20H35IN4O3S. The number of nitrogens with zero attached hydrogens (tertiary/aromatic N) is 2. The van der Waals surface area contributed by atoms with Gasteiger partial charge in [0.15, 0.2) is 5.96 Å². The van der Waals surface area contributed by atoms with Crippen molar-refractivity contribution in [2.75, 3.05) is 39.9 Å². The van der Waals surface area contributed by atoms with Gasteiger partial charge in [-0.2, -0.15) is 4.31 Å². The van der Waals surface area contributed by atoms with Crippen LogP contribution in [0, 0.1) is 5.92 Å². The molecule has 2 rings (SSSR count). The zero-order chi connectivity index (χ0) is 20.4. The van der Waals surface area contributed by atoms with Crippen molar-refractivity contribution < 1.29 is 13.2 Å². The van der Waals surface area contributed by atoms with Crippen molar-refractivity contribution in [2.24, 2.45) is 10.9 Å². The largest absolute Gasteiger partial charge is 0.382 e. The molecule has 0 bridgehead atoms. The van der Waals surface area contributed by atoms with E-state index in [2.05, 4.69) is 22.5 Å². The van der Waals surface area contributed by atoms with E-state index in [4.69, 9.17) is 4.74 Å². The van der Waals surface area contributed by atoms with Crippen molar-refractivity contribution in [3.63, 3.8) is 0 Å². The summed E-state index contributed by atoms with van der Waals surface area (Å²) >= 11 is 0. The summed E-state index contributed by atoms with van der Waals surface area (Å²) in [4.78, 5) is 4.56. The number of rotatable bonds is 9. The SMILES string of the molecule is CCOCCCNC(=NC)NCc1ccc(S(=O)(=O)N2CCCC(C)C2)cc1.I. The van der Waals surface area contributed by atoms with Crippen molar-refractivity contribution >= 4 is 40.0 Å². The van der Waals surface area contributed by atoms with Gasteiger partial charge in [0.1, 0.15) is 0 Å². The first-order valence-corrected chi connectivity index (χ1v) is 11.5. The average Bonchev–Trinajstić information content (AvgIpc) is 2.70. The summed E-state index contributed by atoms with van der Waals surface area (Å²) in [6.07, 6.45) is 2.94. The van der Waals surface area contributed by atoms with Gasteiger partial charge < -0.3 is 15.4 Å². The third kappa shape index (κ3) is 8.39. The lowest BCUT2D eigenvalue weighted by Crippen LogP contribution is -2.39. The number of hydrogen-bond acceptors (Lipinski definition) is 4. The summed E-state index contributed by atoms with van der Waals surface area (Å²) < 4.78 is 32.6. The number of sulfonamides is 1. The summed E-state index contributed by atoms with van der Waals surface area (Å²) in [6.45, 7) is 8.13. The molecule has 1 atom stereocenters. The normalized spacial score (nSPS) is 18.2. The van der Waals surface area contributed by atoms with Crippen LogP contribution < -0.4 is 10.6 Å². The van der Waals surface area contributed by atoms with Gasteiger partial charge in [0, 0.05) is 46.4 Å². The molecule has 166 valence electrons. The summed E-state index contributed by atoms with van der Waals surface area (Å²) in [5.41, 5.74) is 1.00. The van der Waals surface area contributed by atoms with Crippen LogP contribution in [0.1, 0.15) is 38.7 Å². The molecule has 1 aliphatic rings. The predicted molar refractivity (Wildman–Crippen MR) is 128 cm³/mol. The first-order chi connectivity index (χ1) is 13.5. The number of piperidine rings is 1. The molecular weight excluding hydrogens is 503 g/mol. The first-order valence-electron chi connectivity index (χ1n) is 10.1. The number of aliphatic imine (C=N–C) groups is 1. The third-order valence-electron chi connectivity index (χ3n) is 4.83. The summed E-state index contributed by atoms with van der Waals surface area (Å²) in [7, 11) is -1.67. The third-order valence-corrected chi connectivity index (χ3v) is 6.71. The molecule has 1 aromatic rings. The monoisotopic (exact) mass is 538 g/mol. The Labute approximate surface area is 192 Å². The Morgan fingerprint density at radius 2 is 2.00 bits per heavy atom. The van der Waals surface area contributed by atoms with Crippen LogP contribution in [0.3, 0.4) is 0 Å². The minimum Gasteiger partial charge on any atom is -0.382 e. The molecule has 0 saturated carbocycles. The maximum atomic E-state index is 12.8. The Hall–Kier alpha value is -0.910. The Morgan fingerprint density at radius 3 is 2.62 bits per heavy atom. The molecule has 0 aromatic heterocycles. The number of hydrogen-bond donors (Lipinski definition) is 2. The Balaban J connectivity index is 0.00000420.